The van der Waals surface area contributed by atoms with Gasteiger partial charge in [0.15, 0.2) is 0 Å². The number of methoxy groups -OCH3 is 1. The summed E-state index contributed by atoms with van der Waals surface area (Å²) in [6.07, 6.45) is -0.459. The minimum Gasteiger partial charge on any atom is -0.382 e. The molecule has 102 valence electrons. The van der Waals surface area contributed by atoms with E-state index in [1.54, 1.807) is 0 Å². The second-order valence-electron chi connectivity index (χ2n) is 4.36. The van der Waals surface area contributed by atoms with Gasteiger partial charge in [-0.05, 0) is 0 Å². The van der Waals surface area contributed by atoms with Crippen molar-refractivity contribution in [2.75, 3.05) is 48.2 Å². The van der Waals surface area contributed by atoms with Crippen molar-refractivity contribution >= 4 is 8.60 Å². The summed E-state index contributed by atoms with van der Waals surface area (Å²) in [5.41, 5.74) is 0. The number of hydrogen-bond donors (Lipinski definition) is 1. The zero-order valence-electron chi connectivity index (χ0n) is 10.7. The zero-order valence-corrected chi connectivity index (χ0v) is 11.6. The second kappa shape index (κ2) is 9.13. The van der Waals surface area contributed by atoms with Gasteiger partial charge in [0.2, 0.25) is 6.73 Å². The van der Waals surface area contributed by atoms with E-state index >= 15 is 0 Å². The maximum atomic E-state index is 9.31. The van der Waals surface area contributed by atoms with Gasteiger partial charge in [0.05, 0.1) is 34.4 Å². The molecule has 0 aliphatic carbocycles. The van der Waals surface area contributed by atoms with Crippen LogP contribution < -0.4 is 0 Å². The molecule has 0 heterocycles. The molecule has 0 bridgehead atoms. The highest BCUT2D eigenvalue weighted by atomic mass is 31.2. The van der Waals surface area contributed by atoms with Gasteiger partial charge in [-0.2, -0.15) is 4.89 Å². The monoisotopic (exact) mass is 270 g/mol. The molecule has 0 aromatic heterocycles. The van der Waals surface area contributed by atoms with Crippen molar-refractivity contribution in [2.45, 2.75) is 6.10 Å². The molecule has 0 saturated heterocycles. The molecular weight excluding hydrogens is 249 g/mol. The van der Waals surface area contributed by atoms with Gasteiger partial charge in [0, 0.05) is 7.11 Å². The molecule has 1 N–H and O–H groups in total. The van der Waals surface area contributed by atoms with E-state index in [0.29, 0.717) is 4.48 Å². The molecule has 0 spiro atoms. The molecule has 0 aliphatic heterocycles. The van der Waals surface area contributed by atoms with E-state index in [1.165, 1.54) is 7.11 Å². The van der Waals surface area contributed by atoms with Gasteiger partial charge in [-0.15, -0.1) is 4.67 Å². The number of nitrogens with zero attached hydrogens (tertiary/aromatic N) is 1. The zero-order chi connectivity index (χ0) is 13.3. The number of hydrogen-bond acceptors (Lipinski definition) is 6. The average Bonchev–Trinajstić information content (AvgIpc) is 2.22. The van der Waals surface area contributed by atoms with Crippen LogP contribution in [0.4, 0.5) is 0 Å². The summed E-state index contributed by atoms with van der Waals surface area (Å²) >= 11 is 0. The molecule has 0 amide bonds. The summed E-state index contributed by atoms with van der Waals surface area (Å²) in [6.45, 7) is 0.608. The minimum absolute atomic E-state index is 0.0558. The maximum absolute atomic E-state index is 9.31. The van der Waals surface area contributed by atoms with Gasteiger partial charge >= 0.3 is 8.60 Å². The molecular formula is C9H21NO6P+. The first-order valence-electron chi connectivity index (χ1n) is 4.95. The Morgan fingerprint density at radius 1 is 1.29 bits per heavy atom. The summed E-state index contributed by atoms with van der Waals surface area (Å²) in [6, 6.07) is 0. The van der Waals surface area contributed by atoms with Gasteiger partial charge in [0.25, 0.3) is 0 Å². The third-order valence-corrected chi connectivity index (χ3v) is 2.08. The second-order valence-corrected chi connectivity index (χ2v) is 5.24. The lowest BCUT2D eigenvalue weighted by Gasteiger charge is -2.22. The summed E-state index contributed by atoms with van der Waals surface area (Å²) < 4.78 is 19.5. The van der Waals surface area contributed by atoms with Crippen LogP contribution in [0.25, 0.3) is 0 Å². The van der Waals surface area contributed by atoms with Gasteiger partial charge in [-0.1, -0.05) is 0 Å². The van der Waals surface area contributed by atoms with Crippen LogP contribution in [0.2, 0.25) is 0 Å². The Balaban J connectivity index is 3.61. The van der Waals surface area contributed by atoms with E-state index in [2.05, 4.69) is 9.41 Å². The summed E-state index contributed by atoms with van der Waals surface area (Å²) in [5, 5.41) is 0. The quantitative estimate of drug-likeness (QED) is 0.205. The molecule has 0 aliphatic rings. The standard InChI is InChI=1S/C9H21NO6P/c1-10(2,3)8-14-16-17(11)15-7-9(13-5)6-12-4/h5,9,11H,6-8H2,1-4H3/q+1. The number of ether oxygens (including phenoxy) is 2. The fourth-order valence-electron chi connectivity index (χ4n) is 0.708. The van der Waals surface area contributed by atoms with E-state index in [9.17, 15) is 4.89 Å². The van der Waals surface area contributed by atoms with Crippen molar-refractivity contribution in [3.05, 3.63) is 7.11 Å². The van der Waals surface area contributed by atoms with E-state index in [0.717, 1.165) is 0 Å². The third kappa shape index (κ3) is 11.0. The largest absolute Gasteiger partial charge is 0.382 e. The Morgan fingerprint density at radius 2 is 1.94 bits per heavy atom. The lowest BCUT2D eigenvalue weighted by molar-refractivity contribution is -0.898. The molecule has 17 heavy (non-hydrogen) atoms. The molecule has 8 heteroatoms. The number of quaternary nitrogens is 1. The van der Waals surface area contributed by atoms with Crippen LogP contribution in [0.5, 0.6) is 0 Å². The first kappa shape index (κ1) is 17.2. The van der Waals surface area contributed by atoms with Crippen molar-refractivity contribution in [1.29, 1.82) is 0 Å². The Bertz CT molecular complexity index is 189. The van der Waals surface area contributed by atoms with Crippen molar-refractivity contribution < 1.29 is 32.9 Å². The molecule has 0 saturated carbocycles. The topological polar surface area (TPSA) is 66.4 Å². The predicted molar refractivity (Wildman–Crippen MR) is 61.2 cm³/mol. The van der Waals surface area contributed by atoms with Crippen LogP contribution >= 0.6 is 8.60 Å². The molecule has 0 fully saturated rings. The SMILES string of the molecule is [CH]OC(COC)COP(O)OOC[N+](C)(C)C. The van der Waals surface area contributed by atoms with Gasteiger partial charge < -0.3 is 23.4 Å². The Hall–Kier alpha value is 0.150. The normalized spacial score (nSPS) is 15.9. The summed E-state index contributed by atoms with van der Waals surface area (Å²) in [5.74, 6) is 0. The fraction of sp³-hybridized carbons (Fsp3) is 0.889. The Kier molecular flexibility index (Phi) is 9.21. The van der Waals surface area contributed by atoms with Crippen LogP contribution in [0.3, 0.4) is 0 Å². The minimum atomic E-state index is -2.11. The lowest BCUT2D eigenvalue weighted by Crippen LogP contribution is -2.36. The third-order valence-electron chi connectivity index (χ3n) is 1.47. The molecule has 2 radical (unpaired) electrons. The Labute approximate surface area is 104 Å². The molecule has 0 rings (SSSR count). The lowest BCUT2D eigenvalue weighted by atomic mass is 10.4. The van der Waals surface area contributed by atoms with E-state index < -0.39 is 14.7 Å². The highest BCUT2D eigenvalue weighted by Crippen LogP contribution is 2.33. The van der Waals surface area contributed by atoms with Crippen LogP contribution in [0.1, 0.15) is 0 Å². The van der Waals surface area contributed by atoms with Crippen molar-refractivity contribution in [1.82, 2.24) is 0 Å². The molecule has 0 aromatic rings. The average molecular weight is 270 g/mol. The van der Waals surface area contributed by atoms with Crippen molar-refractivity contribution in [3.63, 3.8) is 0 Å². The van der Waals surface area contributed by atoms with E-state index in [1.807, 2.05) is 21.1 Å². The Morgan fingerprint density at radius 3 is 2.41 bits per heavy atom. The molecule has 2 atom stereocenters. The van der Waals surface area contributed by atoms with Crippen LogP contribution in [0, 0.1) is 7.11 Å². The highest BCUT2D eigenvalue weighted by Gasteiger charge is 2.15. The van der Waals surface area contributed by atoms with E-state index in [4.69, 9.17) is 21.3 Å². The van der Waals surface area contributed by atoms with Crippen LogP contribution in [-0.2, 0) is 23.6 Å². The first-order chi connectivity index (χ1) is 7.89. The van der Waals surface area contributed by atoms with Gasteiger partial charge in [-0.25, -0.2) is 0 Å². The molecule has 7 nitrogen and oxygen atoms in total. The number of rotatable bonds is 10. The summed E-state index contributed by atoms with van der Waals surface area (Å²) in [4.78, 5) is 14.1. The van der Waals surface area contributed by atoms with Crippen molar-refractivity contribution in [3.8, 4) is 0 Å². The highest BCUT2D eigenvalue weighted by molar-refractivity contribution is 7.40. The predicted octanol–water partition coefficient (Wildman–Crippen LogP) is 0.534. The molecule has 2 unspecified atom stereocenters. The summed E-state index contributed by atoms with van der Waals surface area (Å²) in [7, 11) is 10.1. The maximum Gasteiger partial charge on any atom is 0.360 e. The smallest absolute Gasteiger partial charge is 0.360 e. The van der Waals surface area contributed by atoms with Crippen LogP contribution in [0.15, 0.2) is 0 Å². The molecule has 0 aromatic carbocycles. The van der Waals surface area contributed by atoms with Crippen molar-refractivity contribution in [2.24, 2.45) is 0 Å². The first-order valence-corrected chi connectivity index (χ1v) is 6.08. The fourth-order valence-corrected chi connectivity index (χ4v) is 1.18. The van der Waals surface area contributed by atoms with Gasteiger partial charge in [0.1, 0.15) is 13.2 Å². The van der Waals surface area contributed by atoms with Crippen LogP contribution in [-0.4, -0.2) is 63.7 Å². The van der Waals surface area contributed by atoms with Gasteiger partial charge in [-0.3, -0.25) is 0 Å². The van der Waals surface area contributed by atoms with E-state index in [-0.39, 0.29) is 19.9 Å².